The molecule has 0 amide bonds. The fourth-order valence-electron chi connectivity index (χ4n) is 1.22. The molecule has 1 heterocycles. The van der Waals surface area contributed by atoms with Crippen molar-refractivity contribution in [1.29, 1.82) is 5.41 Å². The van der Waals surface area contributed by atoms with Crippen molar-refractivity contribution in [3.8, 4) is 0 Å². The minimum Gasteiger partial charge on any atom is -0.370 e. The molecule has 0 saturated carbocycles. The lowest BCUT2D eigenvalue weighted by molar-refractivity contribution is 0.681. The topological polar surface area (TPSA) is 101 Å². The van der Waals surface area contributed by atoms with Crippen LogP contribution in [0.2, 0.25) is 0 Å². The minimum absolute atomic E-state index is 0. The molecule has 17 heavy (non-hydrogen) atoms. The van der Waals surface area contributed by atoms with Crippen LogP contribution >= 0.6 is 40.7 Å². The van der Waals surface area contributed by atoms with E-state index in [9.17, 15) is 0 Å². The van der Waals surface area contributed by atoms with E-state index < -0.39 is 0 Å². The van der Waals surface area contributed by atoms with Gasteiger partial charge >= 0.3 is 0 Å². The predicted molar refractivity (Wildman–Crippen MR) is 81.8 cm³/mol. The summed E-state index contributed by atoms with van der Waals surface area (Å²) < 4.78 is 0. The second-order valence-electron chi connectivity index (χ2n) is 3.28. The van der Waals surface area contributed by atoms with Crippen molar-refractivity contribution in [3.05, 3.63) is 11.1 Å². The highest BCUT2D eigenvalue weighted by Gasteiger charge is 2.01. The summed E-state index contributed by atoms with van der Waals surface area (Å²) >= 11 is 1.47. The zero-order valence-corrected chi connectivity index (χ0v) is 12.8. The van der Waals surface area contributed by atoms with E-state index in [0.29, 0.717) is 5.13 Å². The number of nitrogens with two attached hydrogens (primary N) is 2. The molecule has 0 aliphatic heterocycles. The van der Waals surface area contributed by atoms with Crippen LogP contribution in [0.15, 0.2) is 5.38 Å². The molecule has 5 nitrogen and oxygen atoms in total. The highest BCUT2D eigenvalue weighted by Crippen LogP contribution is 2.16. The van der Waals surface area contributed by atoms with Gasteiger partial charge in [0.15, 0.2) is 11.1 Å². The summed E-state index contributed by atoms with van der Waals surface area (Å²) in [5, 5.41) is 12.4. The van der Waals surface area contributed by atoms with Crippen LogP contribution in [0.3, 0.4) is 0 Å². The molecule has 0 unspecified atom stereocenters. The van der Waals surface area contributed by atoms with Gasteiger partial charge in [-0.3, -0.25) is 5.41 Å². The number of halogens is 2. The zero-order chi connectivity index (χ0) is 11.1. The Morgan fingerprint density at radius 3 is 2.71 bits per heavy atom. The van der Waals surface area contributed by atoms with Crippen LogP contribution < -0.4 is 16.8 Å². The summed E-state index contributed by atoms with van der Waals surface area (Å²) in [6, 6.07) is 0. The fourth-order valence-corrected chi connectivity index (χ4v) is 1.98. The van der Waals surface area contributed by atoms with Crippen LogP contribution in [-0.4, -0.2) is 17.5 Å². The molecule has 0 spiro atoms. The molecule has 0 atom stereocenters. The third-order valence-corrected chi connectivity index (χ3v) is 2.74. The maximum atomic E-state index is 7.05. The van der Waals surface area contributed by atoms with E-state index in [1.54, 1.807) is 0 Å². The van der Waals surface area contributed by atoms with Gasteiger partial charge in [0.1, 0.15) is 0 Å². The molecule has 0 fully saturated rings. The van der Waals surface area contributed by atoms with Gasteiger partial charge in [-0.15, -0.1) is 40.7 Å². The first-order valence-corrected chi connectivity index (χ1v) is 5.86. The molecule has 8 heteroatoms. The third kappa shape index (κ3) is 8.37. The standard InChI is InChI=1S/C9H17N5S.BrH.ClH/c10-5-3-1-2-4-7-6-15-9(13-7)14-8(11)12;;/h6H,1-5,10H2,(H4,11,12,13,14);2*1H. The Bertz CT molecular complexity index is 320. The summed E-state index contributed by atoms with van der Waals surface area (Å²) in [5.41, 5.74) is 11.7. The monoisotopic (exact) mass is 343 g/mol. The quantitative estimate of drug-likeness (QED) is 0.361. The van der Waals surface area contributed by atoms with Gasteiger partial charge in [-0.2, -0.15) is 0 Å². The summed E-state index contributed by atoms with van der Waals surface area (Å²) in [6.07, 6.45) is 4.29. The number of aromatic nitrogens is 1. The molecule has 1 rings (SSSR count). The van der Waals surface area contributed by atoms with E-state index >= 15 is 0 Å². The first-order valence-electron chi connectivity index (χ1n) is 4.98. The molecule has 0 aliphatic carbocycles. The lowest BCUT2D eigenvalue weighted by Crippen LogP contribution is -2.20. The van der Waals surface area contributed by atoms with Crippen molar-refractivity contribution >= 4 is 51.8 Å². The van der Waals surface area contributed by atoms with Gasteiger partial charge in [0, 0.05) is 5.38 Å². The van der Waals surface area contributed by atoms with Crippen molar-refractivity contribution in [1.82, 2.24) is 4.98 Å². The number of thiazole rings is 1. The average molecular weight is 345 g/mol. The maximum Gasteiger partial charge on any atom is 0.192 e. The first-order chi connectivity index (χ1) is 7.22. The normalized spacial score (nSPS) is 9.00. The van der Waals surface area contributed by atoms with Gasteiger partial charge in [-0.25, -0.2) is 4.98 Å². The van der Waals surface area contributed by atoms with Gasteiger partial charge in [0.2, 0.25) is 0 Å². The first kappa shape index (κ1) is 19.0. The second kappa shape index (κ2) is 10.8. The van der Waals surface area contributed by atoms with Gasteiger partial charge in [0.05, 0.1) is 5.69 Å². The van der Waals surface area contributed by atoms with Crippen LogP contribution in [0.25, 0.3) is 0 Å². The van der Waals surface area contributed by atoms with E-state index in [2.05, 4.69) is 10.3 Å². The summed E-state index contributed by atoms with van der Waals surface area (Å²) in [4.78, 5) is 4.30. The Labute approximate surface area is 122 Å². The number of aryl methyl sites for hydroxylation is 1. The summed E-state index contributed by atoms with van der Waals surface area (Å²) in [7, 11) is 0. The summed E-state index contributed by atoms with van der Waals surface area (Å²) in [6.45, 7) is 0.758. The number of nitrogens with zero attached hydrogens (tertiary/aromatic N) is 1. The Morgan fingerprint density at radius 2 is 2.12 bits per heavy atom. The second-order valence-corrected chi connectivity index (χ2v) is 4.14. The molecule has 1 aromatic rings. The number of nitrogens with one attached hydrogen (secondary N) is 2. The smallest absolute Gasteiger partial charge is 0.192 e. The Kier molecular flexibility index (Phi) is 12.0. The third-order valence-electron chi connectivity index (χ3n) is 1.93. The largest absolute Gasteiger partial charge is 0.370 e. The maximum absolute atomic E-state index is 7.05. The lowest BCUT2D eigenvalue weighted by Gasteiger charge is -1.97. The van der Waals surface area contributed by atoms with Crippen molar-refractivity contribution in [3.63, 3.8) is 0 Å². The number of hydrogen-bond donors (Lipinski definition) is 4. The fraction of sp³-hybridized carbons (Fsp3) is 0.556. The molecule has 0 aliphatic rings. The lowest BCUT2D eigenvalue weighted by atomic mass is 10.2. The Hall–Kier alpha value is -0.370. The highest BCUT2D eigenvalue weighted by atomic mass is 79.9. The minimum atomic E-state index is -0.0703. The van der Waals surface area contributed by atoms with Crippen LogP contribution in [0.4, 0.5) is 5.13 Å². The predicted octanol–water partition coefficient (Wildman–Crippen LogP) is 2.12. The van der Waals surface area contributed by atoms with Gasteiger partial charge in [-0.05, 0) is 25.8 Å². The molecule has 100 valence electrons. The number of guanidine groups is 1. The van der Waals surface area contributed by atoms with E-state index in [4.69, 9.17) is 16.9 Å². The van der Waals surface area contributed by atoms with Crippen molar-refractivity contribution in [2.24, 2.45) is 11.5 Å². The van der Waals surface area contributed by atoms with E-state index in [1.807, 2.05) is 5.38 Å². The van der Waals surface area contributed by atoms with Gasteiger partial charge in [0.25, 0.3) is 0 Å². The Morgan fingerprint density at radius 1 is 1.41 bits per heavy atom. The number of unbranched alkanes of at least 4 members (excludes halogenated alkanes) is 2. The van der Waals surface area contributed by atoms with E-state index in [1.165, 1.54) is 11.3 Å². The zero-order valence-electron chi connectivity index (χ0n) is 9.44. The van der Waals surface area contributed by atoms with Gasteiger partial charge < -0.3 is 16.8 Å². The van der Waals surface area contributed by atoms with E-state index in [-0.39, 0.29) is 35.3 Å². The molecule has 0 aromatic carbocycles. The number of rotatable bonds is 6. The van der Waals surface area contributed by atoms with Crippen LogP contribution in [0, 0.1) is 5.41 Å². The molecular formula is C9H19BrClN5S. The number of anilines is 1. The van der Waals surface area contributed by atoms with Crippen LogP contribution in [0.5, 0.6) is 0 Å². The molecule has 1 aromatic heterocycles. The van der Waals surface area contributed by atoms with Crippen LogP contribution in [0.1, 0.15) is 25.0 Å². The molecule has 0 saturated heterocycles. The molecule has 6 N–H and O–H groups in total. The summed E-state index contributed by atoms with van der Waals surface area (Å²) in [5.74, 6) is -0.0703. The molecular weight excluding hydrogens is 326 g/mol. The Balaban J connectivity index is 0. The SMILES string of the molecule is Br.Cl.N=C(N)Nc1nc(CCCCCN)cs1. The number of hydrogen-bond acceptors (Lipinski definition) is 4. The van der Waals surface area contributed by atoms with Crippen molar-refractivity contribution < 1.29 is 0 Å². The molecule has 0 bridgehead atoms. The average Bonchev–Trinajstić information content (AvgIpc) is 2.59. The molecule has 0 radical (unpaired) electrons. The van der Waals surface area contributed by atoms with Crippen molar-refractivity contribution in [2.45, 2.75) is 25.7 Å². The van der Waals surface area contributed by atoms with Gasteiger partial charge in [-0.1, -0.05) is 6.42 Å². The van der Waals surface area contributed by atoms with E-state index in [0.717, 1.165) is 37.9 Å². The van der Waals surface area contributed by atoms with Crippen molar-refractivity contribution in [2.75, 3.05) is 11.9 Å². The highest BCUT2D eigenvalue weighted by molar-refractivity contribution is 8.93. The van der Waals surface area contributed by atoms with Crippen LogP contribution in [-0.2, 0) is 6.42 Å².